The van der Waals surface area contributed by atoms with Gasteiger partial charge in [-0.1, -0.05) is 39.7 Å². The van der Waals surface area contributed by atoms with E-state index in [-0.39, 0.29) is 18.7 Å². The summed E-state index contributed by atoms with van der Waals surface area (Å²) in [5.41, 5.74) is -0.418. The van der Waals surface area contributed by atoms with Crippen LogP contribution in [0.5, 0.6) is 0 Å². The summed E-state index contributed by atoms with van der Waals surface area (Å²) in [6, 6.07) is 3.29. The van der Waals surface area contributed by atoms with E-state index >= 15 is 0 Å². The van der Waals surface area contributed by atoms with E-state index in [1.54, 1.807) is 0 Å². The van der Waals surface area contributed by atoms with Gasteiger partial charge in [-0.2, -0.15) is 0 Å². The van der Waals surface area contributed by atoms with Crippen molar-refractivity contribution >= 4 is 5.91 Å². The minimum absolute atomic E-state index is 0.0175. The summed E-state index contributed by atoms with van der Waals surface area (Å²) in [5, 5.41) is 2.36. The van der Waals surface area contributed by atoms with Gasteiger partial charge in [-0.3, -0.25) is 14.2 Å². The Morgan fingerprint density at radius 1 is 1.23 bits per heavy atom. The third kappa shape index (κ3) is 6.48. The fraction of sp³-hybridized carbons (Fsp3) is 0.316. The number of benzene rings is 1. The van der Waals surface area contributed by atoms with Crippen LogP contribution in [-0.2, 0) is 6.54 Å². The molecule has 1 N–H and O–H groups in total. The zero-order valence-electron chi connectivity index (χ0n) is 15.3. The van der Waals surface area contributed by atoms with Gasteiger partial charge >= 0.3 is 0 Å². The van der Waals surface area contributed by atoms with Crippen LogP contribution in [0.4, 0.5) is 8.78 Å². The van der Waals surface area contributed by atoms with Gasteiger partial charge < -0.3 is 5.32 Å². The number of hydrogen-bond donors (Lipinski definition) is 1. The lowest BCUT2D eigenvalue weighted by molar-refractivity contribution is 0.0956. The number of hydrogen-bond acceptors (Lipinski definition) is 3. The molecule has 0 atom stereocenters. The largest absolute Gasteiger partial charge is 0.341 e. The lowest BCUT2D eigenvalue weighted by Gasteiger charge is -2.07. The third-order valence-electron chi connectivity index (χ3n) is 2.83. The number of aromatic nitrogens is 2. The first kappa shape index (κ1) is 23.0. The monoisotopic (exact) mass is 363 g/mol. The number of nitrogens with zero attached hydrogens (tertiary/aromatic N) is 2. The standard InChI is InChI=1S/C15H11F2N3O2.2C2H6/c1-2-5-19-14(21)11-7-18-9-20(15(11)22)8-10-3-4-12(16)13(17)6-10;2*1-2/h1,3-4,6-7,9H,5,8H2,(H,19,21);2*1-2H3. The molecule has 140 valence electrons. The Labute approximate surface area is 152 Å². The Kier molecular flexibility index (Phi) is 10.9. The van der Waals surface area contributed by atoms with Crippen molar-refractivity contribution in [3.63, 3.8) is 0 Å². The average Bonchev–Trinajstić information content (AvgIpc) is 2.67. The Hall–Kier alpha value is -3.01. The number of amides is 1. The number of halogens is 2. The van der Waals surface area contributed by atoms with Crippen molar-refractivity contribution in [3.05, 3.63) is 63.8 Å². The molecule has 0 saturated carbocycles. The highest BCUT2D eigenvalue weighted by molar-refractivity contribution is 5.93. The van der Waals surface area contributed by atoms with E-state index in [2.05, 4.69) is 16.2 Å². The number of rotatable bonds is 4. The average molecular weight is 363 g/mol. The smallest absolute Gasteiger partial charge is 0.266 e. The Morgan fingerprint density at radius 3 is 2.46 bits per heavy atom. The molecule has 2 rings (SSSR count). The van der Waals surface area contributed by atoms with Crippen molar-refractivity contribution in [2.75, 3.05) is 6.54 Å². The normalized spacial score (nSPS) is 8.96. The highest BCUT2D eigenvalue weighted by atomic mass is 19.2. The van der Waals surface area contributed by atoms with Gasteiger partial charge in [0.1, 0.15) is 5.56 Å². The predicted molar refractivity (Wildman–Crippen MR) is 97.8 cm³/mol. The number of terminal acetylenes is 1. The fourth-order valence-corrected chi connectivity index (χ4v) is 1.78. The van der Waals surface area contributed by atoms with Gasteiger partial charge in [0.25, 0.3) is 11.5 Å². The molecular formula is C19H23F2N3O2. The van der Waals surface area contributed by atoms with E-state index in [1.807, 2.05) is 27.7 Å². The van der Waals surface area contributed by atoms with Gasteiger partial charge in [-0.25, -0.2) is 13.8 Å². The molecule has 1 heterocycles. The van der Waals surface area contributed by atoms with E-state index in [4.69, 9.17) is 6.42 Å². The van der Waals surface area contributed by atoms with Crippen LogP contribution in [0, 0.1) is 24.0 Å². The molecule has 1 aromatic carbocycles. The first-order valence-corrected chi connectivity index (χ1v) is 8.23. The van der Waals surface area contributed by atoms with Crippen molar-refractivity contribution in [1.29, 1.82) is 0 Å². The molecule has 5 nitrogen and oxygen atoms in total. The zero-order chi connectivity index (χ0) is 20.1. The SMILES string of the molecule is C#CCNC(=O)c1cncn(Cc2ccc(F)c(F)c2)c1=O.CC.CC. The van der Waals surface area contributed by atoms with Gasteiger partial charge in [-0.05, 0) is 17.7 Å². The summed E-state index contributed by atoms with van der Waals surface area (Å²) in [6.07, 6.45) is 7.35. The van der Waals surface area contributed by atoms with Gasteiger partial charge in [0.05, 0.1) is 19.4 Å². The quantitative estimate of drug-likeness (QED) is 0.850. The maximum absolute atomic E-state index is 13.2. The molecule has 0 radical (unpaired) electrons. The van der Waals surface area contributed by atoms with E-state index in [9.17, 15) is 18.4 Å². The maximum Gasteiger partial charge on any atom is 0.266 e. The summed E-state index contributed by atoms with van der Waals surface area (Å²) >= 11 is 0. The molecule has 0 aliphatic carbocycles. The van der Waals surface area contributed by atoms with Crippen LogP contribution in [0.1, 0.15) is 43.6 Å². The molecule has 0 aliphatic heterocycles. The van der Waals surface area contributed by atoms with E-state index in [1.165, 1.54) is 12.4 Å². The molecular weight excluding hydrogens is 340 g/mol. The molecule has 0 spiro atoms. The van der Waals surface area contributed by atoms with Crippen molar-refractivity contribution < 1.29 is 13.6 Å². The fourth-order valence-electron chi connectivity index (χ4n) is 1.78. The van der Waals surface area contributed by atoms with Gasteiger partial charge in [0.15, 0.2) is 11.6 Å². The molecule has 0 fully saturated rings. The summed E-state index contributed by atoms with van der Waals surface area (Å²) in [5.74, 6) is -0.416. The molecule has 0 aliphatic rings. The predicted octanol–water partition coefficient (Wildman–Crippen LogP) is 2.99. The second kappa shape index (κ2) is 12.4. The molecule has 1 amide bonds. The van der Waals surface area contributed by atoms with Gasteiger partial charge in [0.2, 0.25) is 0 Å². The van der Waals surface area contributed by atoms with Crippen LogP contribution in [0.2, 0.25) is 0 Å². The molecule has 0 bridgehead atoms. The molecule has 26 heavy (non-hydrogen) atoms. The third-order valence-corrected chi connectivity index (χ3v) is 2.83. The van der Waals surface area contributed by atoms with Crippen molar-refractivity contribution in [2.45, 2.75) is 34.2 Å². The lowest BCUT2D eigenvalue weighted by Crippen LogP contribution is -2.33. The summed E-state index contributed by atoms with van der Waals surface area (Å²) < 4.78 is 27.2. The van der Waals surface area contributed by atoms with Crippen LogP contribution >= 0.6 is 0 Å². The highest BCUT2D eigenvalue weighted by Crippen LogP contribution is 2.09. The van der Waals surface area contributed by atoms with Gasteiger partial charge in [0, 0.05) is 6.20 Å². The van der Waals surface area contributed by atoms with Crippen LogP contribution in [-0.4, -0.2) is 22.0 Å². The second-order valence-electron chi connectivity index (χ2n) is 4.38. The Balaban J connectivity index is 0.00000146. The zero-order valence-corrected chi connectivity index (χ0v) is 15.3. The lowest BCUT2D eigenvalue weighted by atomic mass is 10.2. The molecule has 0 unspecified atom stereocenters. The van der Waals surface area contributed by atoms with Crippen LogP contribution in [0.15, 0.2) is 35.5 Å². The first-order chi connectivity index (χ1) is 12.5. The highest BCUT2D eigenvalue weighted by Gasteiger charge is 2.13. The Bertz CT molecular complexity index is 811. The molecule has 0 saturated heterocycles. The van der Waals surface area contributed by atoms with Crippen LogP contribution in [0.3, 0.4) is 0 Å². The van der Waals surface area contributed by atoms with E-state index < -0.39 is 23.1 Å². The number of carbonyl (C=O) groups excluding carboxylic acids is 1. The van der Waals surface area contributed by atoms with Crippen molar-refractivity contribution in [1.82, 2.24) is 14.9 Å². The van der Waals surface area contributed by atoms with Gasteiger partial charge in [-0.15, -0.1) is 6.42 Å². The first-order valence-electron chi connectivity index (χ1n) is 8.23. The van der Waals surface area contributed by atoms with Crippen LogP contribution < -0.4 is 10.9 Å². The number of carbonyl (C=O) groups is 1. The second-order valence-corrected chi connectivity index (χ2v) is 4.38. The molecule has 7 heteroatoms. The molecule has 2 aromatic rings. The van der Waals surface area contributed by atoms with E-state index in [0.29, 0.717) is 5.56 Å². The minimum Gasteiger partial charge on any atom is -0.341 e. The number of nitrogens with one attached hydrogen (secondary N) is 1. The summed E-state index contributed by atoms with van der Waals surface area (Å²) in [7, 11) is 0. The summed E-state index contributed by atoms with van der Waals surface area (Å²) in [6.45, 7) is 7.94. The van der Waals surface area contributed by atoms with Crippen LogP contribution in [0.25, 0.3) is 0 Å². The topological polar surface area (TPSA) is 64.0 Å². The summed E-state index contributed by atoms with van der Waals surface area (Å²) in [4.78, 5) is 27.7. The minimum atomic E-state index is -1.01. The van der Waals surface area contributed by atoms with Crippen molar-refractivity contribution in [2.24, 2.45) is 0 Å². The van der Waals surface area contributed by atoms with Crippen molar-refractivity contribution in [3.8, 4) is 12.3 Å². The molecule has 1 aromatic heterocycles. The maximum atomic E-state index is 13.2. The van der Waals surface area contributed by atoms with E-state index in [0.717, 1.165) is 22.9 Å². The Morgan fingerprint density at radius 2 is 1.88 bits per heavy atom.